The lowest BCUT2D eigenvalue weighted by molar-refractivity contribution is -0.157. The highest BCUT2D eigenvalue weighted by Crippen LogP contribution is 2.42. The second kappa shape index (κ2) is 9.41. The summed E-state index contributed by atoms with van der Waals surface area (Å²) in [6.07, 6.45) is 3.58. The summed E-state index contributed by atoms with van der Waals surface area (Å²) in [6, 6.07) is 17.8. The molecule has 0 atom stereocenters. The lowest BCUT2D eigenvalue weighted by atomic mass is 9.79. The molecule has 0 spiro atoms. The van der Waals surface area contributed by atoms with E-state index < -0.39 is 5.41 Å². The van der Waals surface area contributed by atoms with E-state index >= 15 is 0 Å². The first-order chi connectivity index (χ1) is 15.1. The van der Waals surface area contributed by atoms with Crippen molar-refractivity contribution in [2.24, 2.45) is 0 Å². The van der Waals surface area contributed by atoms with Crippen LogP contribution >= 0.6 is 0 Å². The third kappa shape index (κ3) is 4.53. The van der Waals surface area contributed by atoms with Gasteiger partial charge in [-0.1, -0.05) is 43.2 Å². The Morgan fingerprint density at radius 3 is 2.16 bits per heavy atom. The van der Waals surface area contributed by atoms with Gasteiger partial charge in [0.05, 0.1) is 12.5 Å². The number of hydrogen-bond donors (Lipinski definition) is 0. The third-order valence-corrected chi connectivity index (χ3v) is 6.57. The number of carbonyl (C=O) groups excluding carboxylic acids is 2. The van der Waals surface area contributed by atoms with Gasteiger partial charge in [-0.05, 0) is 42.7 Å². The van der Waals surface area contributed by atoms with E-state index in [4.69, 9.17) is 9.47 Å². The number of amides is 1. The fourth-order valence-electron chi connectivity index (χ4n) is 4.71. The smallest absolute Gasteiger partial charge is 0.317 e. The summed E-state index contributed by atoms with van der Waals surface area (Å²) in [7, 11) is 1.65. The van der Waals surface area contributed by atoms with E-state index in [0.717, 1.165) is 55.8 Å². The maximum atomic E-state index is 13.0. The van der Waals surface area contributed by atoms with Gasteiger partial charge in [-0.2, -0.15) is 0 Å². The summed E-state index contributed by atoms with van der Waals surface area (Å²) >= 11 is 0. The molecule has 6 nitrogen and oxygen atoms in total. The Hall–Kier alpha value is -3.02. The minimum Gasteiger partial charge on any atom is -0.497 e. The molecule has 1 amide bonds. The van der Waals surface area contributed by atoms with Crippen LogP contribution in [0.1, 0.15) is 31.2 Å². The zero-order chi connectivity index (χ0) is 21.7. The number of nitrogens with zero attached hydrogens (tertiary/aromatic N) is 2. The molecule has 31 heavy (non-hydrogen) atoms. The fourth-order valence-corrected chi connectivity index (χ4v) is 4.71. The van der Waals surface area contributed by atoms with Crippen LogP contribution in [-0.4, -0.2) is 56.7 Å². The Kier molecular flexibility index (Phi) is 6.44. The zero-order valence-corrected chi connectivity index (χ0v) is 18.1. The monoisotopic (exact) mass is 422 g/mol. The number of hydrogen-bond acceptors (Lipinski definition) is 5. The molecule has 1 aliphatic heterocycles. The molecule has 0 aromatic heterocycles. The molecule has 1 aliphatic carbocycles. The van der Waals surface area contributed by atoms with Crippen LogP contribution in [0, 0.1) is 0 Å². The molecule has 1 saturated carbocycles. The van der Waals surface area contributed by atoms with E-state index in [0.29, 0.717) is 13.1 Å². The Labute approximate surface area is 183 Å². The standard InChI is InChI=1S/C25H30N2O4/c1-30-22-11-9-21(10-12-22)26-15-17-27(18-16-26)23(28)19-31-24(29)25(13-5-6-14-25)20-7-3-2-4-8-20/h2-4,7-12H,5-6,13-19H2,1H3. The Bertz CT molecular complexity index is 883. The van der Waals surface area contributed by atoms with Gasteiger partial charge in [0.25, 0.3) is 5.91 Å². The average Bonchev–Trinajstić information content (AvgIpc) is 3.34. The van der Waals surface area contributed by atoms with Crippen LogP contribution < -0.4 is 9.64 Å². The molecule has 4 rings (SSSR count). The second-order valence-corrected chi connectivity index (χ2v) is 8.30. The highest BCUT2D eigenvalue weighted by molar-refractivity contribution is 5.87. The molecule has 2 aromatic carbocycles. The van der Waals surface area contributed by atoms with E-state index in [1.165, 1.54) is 0 Å². The predicted octanol–water partition coefficient (Wildman–Crippen LogP) is 3.40. The van der Waals surface area contributed by atoms with Crippen molar-refractivity contribution in [2.45, 2.75) is 31.1 Å². The normalized spacial score (nSPS) is 18.0. The number of rotatable bonds is 6. The van der Waals surface area contributed by atoms with E-state index in [1.54, 1.807) is 12.0 Å². The van der Waals surface area contributed by atoms with E-state index in [9.17, 15) is 9.59 Å². The molecule has 1 saturated heterocycles. The van der Waals surface area contributed by atoms with Crippen molar-refractivity contribution >= 4 is 17.6 Å². The van der Waals surface area contributed by atoms with Gasteiger partial charge in [-0.15, -0.1) is 0 Å². The van der Waals surface area contributed by atoms with Crippen molar-refractivity contribution in [3.8, 4) is 5.75 Å². The van der Waals surface area contributed by atoms with Crippen molar-refractivity contribution in [1.82, 2.24) is 4.90 Å². The van der Waals surface area contributed by atoms with Crippen molar-refractivity contribution in [3.63, 3.8) is 0 Å². The van der Waals surface area contributed by atoms with Gasteiger partial charge in [-0.3, -0.25) is 9.59 Å². The van der Waals surface area contributed by atoms with Crippen LogP contribution in [-0.2, 0) is 19.7 Å². The summed E-state index contributed by atoms with van der Waals surface area (Å²) in [5, 5.41) is 0. The SMILES string of the molecule is COc1ccc(N2CCN(C(=O)COC(=O)C3(c4ccccc4)CCCC3)CC2)cc1. The van der Waals surface area contributed by atoms with Crippen LogP contribution in [0.2, 0.25) is 0 Å². The molecule has 164 valence electrons. The first-order valence-electron chi connectivity index (χ1n) is 11.0. The topological polar surface area (TPSA) is 59.1 Å². The third-order valence-electron chi connectivity index (χ3n) is 6.57. The Morgan fingerprint density at radius 2 is 1.55 bits per heavy atom. The molecule has 0 N–H and O–H groups in total. The second-order valence-electron chi connectivity index (χ2n) is 8.30. The quantitative estimate of drug-likeness (QED) is 0.668. The molecule has 2 fully saturated rings. The first kappa shape index (κ1) is 21.2. The first-order valence-corrected chi connectivity index (χ1v) is 11.0. The molecule has 0 bridgehead atoms. The van der Waals surface area contributed by atoms with Gasteiger partial charge in [0.15, 0.2) is 6.61 Å². The molecule has 0 unspecified atom stereocenters. The van der Waals surface area contributed by atoms with E-state index in [1.807, 2.05) is 54.6 Å². The lowest BCUT2D eigenvalue weighted by Gasteiger charge is -2.36. The summed E-state index contributed by atoms with van der Waals surface area (Å²) in [4.78, 5) is 29.8. The minimum atomic E-state index is -0.603. The van der Waals surface area contributed by atoms with Crippen molar-refractivity contribution < 1.29 is 19.1 Å². The van der Waals surface area contributed by atoms with Gasteiger partial charge >= 0.3 is 5.97 Å². The average molecular weight is 423 g/mol. The largest absolute Gasteiger partial charge is 0.497 e. The van der Waals surface area contributed by atoms with Gasteiger partial charge in [0.2, 0.25) is 0 Å². The maximum absolute atomic E-state index is 13.0. The zero-order valence-electron chi connectivity index (χ0n) is 18.1. The van der Waals surface area contributed by atoms with E-state index in [-0.39, 0.29) is 18.5 Å². The maximum Gasteiger partial charge on any atom is 0.317 e. The molecule has 0 radical (unpaired) electrons. The molecule has 6 heteroatoms. The Morgan fingerprint density at radius 1 is 0.903 bits per heavy atom. The van der Waals surface area contributed by atoms with Gasteiger partial charge in [0.1, 0.15) is 5.75 Å². The van der Waals surface area contributed by atoms with Gasteiger partial charge < -0.3 is 19.3 Å². The number of piperazine rings is 1. The summed E-state index contributed by atoms with van der Waals surface area (Å²) < 4.78 is 10.8. The van der Waals surface area contributed by atoms with Crippen molar-refractivity contribution in [2.75, 3.05) is 44.8 Å². The predicted molar refractivity (Wildman–Crippen MR) is 119 cm³/mol. The summed E-state index contributed by atoms with van der Waals surface area (Å²) in [5.41, 5.74) is 1.51. The van der Waals surface area contributed by atoms with Crippen LogP contribution in [0.3, 0.4) is 0 Å². The summed E-state index contributed by atoms with van der Waals surface area (Å²) in [5.74, 6) is 0.445. The molecular weight excluding hydrogens is 392 g/mol. The highest BCUT2D eigenvalue weighted by Gasteiger charge is 2.44. The number of methoxy groups -OCH3 is 1. The van der Waals surface area contributed by atoms with E-state index in [2.05, 4.69) is 4.90 Å². The summed E-state index contributed by atoms with van der Waals surface area (Å²) in [6.45, 7) is 2.55. The number of benzene rings is 2. The van der Waals surface area contributed by atoms with Crippen LogP contribution in [0.15, 0.2) is 54.6 Å². The molecule has 1 heterocycles. The fraction of sp³-hybridized carbons (Fsp3) is 0.440. The number of ether oxygens (including phenoxy) is 2. The van der Waals surface area contributed by atoms with Gasteiger partial charge in [-0.25, -0.2) is 0 Å². The number of carbonyl (C=O) groups is 2. The molecule has 2 aromatic rings. The van der Waals surface area contributed by atoms with Crippen molar-refractivity contribution in [1.29, 1.82) is 0 Å². The van der Waals surface area contributed by atoms with Gasteiger partial charge in [0, 0.05) is 31.9 Å². The van der Waals surface area contributed by atoms with Crippen molar-refractivity contribution in [3.05, 3.63) is 60.2 Å². The molecule has 2 aliphatic rings. The Balaban J connectivity index is 1.30. The molecular formula is C25H30N2O4. The lowest BCUT2D eigenvalue weighted by Crippen LogP contribution is -2.50. The van der Waals surface area contributed by atoms with Crippen LogP contribution in [0.4, 0.5) is 5.69 Å². The minimum absolute atomic E-state index is 0.121. The van der Waals surface area contributed by atoms with Crippen LogP contribution in [0.5, 0.6) is 5.75 Å². The number of esters is 1. The number of anilines is 1. The highest BCUT2D eigenvalue weighted by atomic mass is 16.5. The van der Waals surface area contributed by atoms with Crippen LogP contribution in [0.25, 0.3) is 0 Å².